The van der Waals surface area contributed by atoms with Crippen LogP contribution in [0.1, 0.15) is 45.4 Å². The molecule has 0 amide bonds. The number of cyclic esters (lactones) is 1. The zero-order valence-corrected chi connectivity index (χ0v) is 18.0. The van der Waals surface area contributed by atoms with Crippen molar-refractivity contribution in [1.82, 2.24) is 4.98 Å². The SMILES string of the molecule is C[C@H]1[C@H](/C=C/c2ccc(-c3ccccc3C#N)cn2)[C@@H]2[C@@H](C)OC(=O)[C@]2(C)C[C@@H]1C. The van der Waals surface area contributed by atoms with Gasteiger partial charge in [-0.3, -0.25) is 9.78 Å². The maximum atomic E-state index is 12.6. The molecule has 1 saturated heterocycles. The first-order valence-corrected chi connectivity index (χ1v) is 10.7. The Bertz CT molecular complexity index is 1020. The topological polar surface area (TPSA) is 63.0 Å². The summed E-state index contributed by atoms with van der Waals surface area (Å²) in [4.78, 5) is 17.2. The van der Waals surface area contributed by atoms with Gasteiger partial charge in [0, 0.05) is 23.2 Å². The minimum Gasteiger partial charge on any atom is -0.462 e. The smallest absolute Gasteiger partial charge is 0.312 e. The Morgan fingerprint density at radius 3 is 2.67 bits per heavy atom. The molecule has 1 aliphatic heterocycles. The molecule has 6 atom stereocenters. The third-order valence-corrected chi connectivity index (χ3v) is 7.30. The minimum absolute atomic E-state index is 0.0456. The lowest BCUT2D eigenvalue weighted by Crippen LogP contribution is -2.46. The van der Waals surface area contributed by atoms with Crippen LogP contribution in [-0.2, 0) is 9.53 Å². The number of aromatic nitrogens is 1. The van der Waals surface area contributed by atoms with Gasteiger partial charge in [0.25, 0.3) is 0 Å². The zero-order chi connectivity index (χ0) is 21.5. The number of benzene rings is 1. The number of rotatable bonds is 3. The summed E-state index contributed by atoms with van der Waals surface area (Å²) in [6.45, 7) is 8.62. The van der Waals surface area contributed by atoms with Gasteiger partial charge in [0.1, 0.15) is 6.10 Å². The van der Waals surface area contributed by atoms with E-state index in [-0.39, 0.29) is 23.9 Å². The van der Waals surface area contributed by atoms with E-state index >= 15 is 0 Å². The van der Waals surface area contributed by atoms with Crippen molar-refractivity contribution in [3.8, 4) is 17.2 Å². The highest BCUT2D eigenvalue weighted by Crippen LogP contribution is 2.56. The molecule has 2 heterocycles. The van der Waals surface area contributed by atoms with Crippen molar-refractivity contribution in [3.05, 3.63) is 59.9 Å². The predicted molar refractivity (Wildman–Crippen MR) is 117 cm³/mol. The van der Waals surface area contributed by atoms with E-state index in [2.05, 4.69) is 44.0 Å². The Morgan fingerprint density at radius 2 is 1.97 bits per heavy atom. The van der Waals surface area contributed by atoms with Crippen LogP contribution in [0, 0.1) is 40.4 Å². The van der Waals surface area contributed by atoms with Gasteiger partial charge in [-0.2, -0.15) is 5.26 Å². The van der Waals surface area contributed by atoms with Gasteiger partial charge in [0.05, 0.1) is 22.7 Å². The van der Waals surface area contributed by atoms with Crippen LogP contribution in [0.5, 0.6) is 0 Å². The summed E-state index contributed by atoms with van der Waals surface area (Å²) >= 11 is 0. The Labute approximate surface area is 178 Å². The molecule has 0 bridgehead atoms. The molecule has 154 valence electrons. The number of esters is 1. The maximum Gasteiger partial charge on any atom is 0.312 e. The Hall–Kier alpha value is -2.93. The highest BCUT2D eigenvalue weighted by Gasteiger charge is 2.59. The second-order valence-electron chi connectivity index (χ2n) is 9.16. The van der Waals surface area contributed by atoms with E-state index in [4.69, 9.17) is 4.74 Å². The summed E-state index contributed by atoms with van der Waals surface area (Å²) in [7, 11) is 0. The lowest BCUT2D eigenvalue weighted by Gasteiger charge is -2.45. The summed E-state index contributed by atoms with van der Waals surface area (Å²) < 4.78 is 5.66. The summed E-state index contributed by atoms with van der Waals surface area (Å²) in [6, 6.07) is 13.8. The molecule has 4 nitrogen and oxygen atoms in total. The van der Waals surface area contributed by atoms with Crippen LogP contribution < -0.4 is 0 Å². The number of nitriles is 1. The third-order valence-electron chi connectivity index (χ3n) is 7.30. The van der Waals surface area contributed by atoms with E-state index < -0.39 is 5.41 Å². The van der Waals surface area contributed by atoms with Crippen LogP contribution in [0.3, 0.4) is 0 Å². The second kappa shape index (κ2) is 7.72. The van der Waals surface area contributed by atoms with E-state index in [9.17, 15) is 10.1 Å². The first-order valence-electron chi connectivity index (χ1n) is 10.7. The fourth-order valence-electron chi connectivity index (χ4n) is 5.55. The molecule has 1 aromatic heterocycles. The molecule has 0 spiro atoms. The average Bonchev–Trinajstić information content (AvgIpc) is 2.97. The van der Waals surface area contributed by atoms with Crippen LogP contribution in [0.25, 0.3) is 17.2 Å². The molecule has 30 heavy (non-hydrogen) atoms. The monoisotopic (exact) mass is 400 g/mol. The predicted octanol–water partition coefficient (Wildman–Crippen LogP) is 5.49. The highest BCUT2D eigenvalue weighted by molar-refractivity contribution is 5.79. The molecule has 1 saturated carbocycles. The van der Waals surface area contributed by atoms with Crippen molar-refractivity contribution in [2.75, 3.05) is 0 Å². The van der Waals surface area contributed by atoms with Gasteiger partial charge in [0.15, 0.2) is 0 Å². The largest absolute Gasteiger partial charge is 0.462 e. The number of nitrogens with zero attached hydrogens (tertiary/aromatic N) is 2. The Kier molecular flexibility index (Phi) is 5.24. The third kappa shape index (κ3) is 3.33. The van der Waals surface area contributed by atoms with Gasteiger partial charge >= 0.3 is 5.97 Å². The van der Waals surface area contributed by atoms with Crippen molar-refractivity contribution in [2.45, 2.75) is 40.2 Å². The molecule has 2 aliphatic rings. The molecule has 4 rings (SSSR count). The molecule has 1 aliphatic carbocycles. The second-order valence-corrected chi connectivity index (χ2v) is 9.16. The minimum atomic E-state index is -0.404. The zero-order valence-electron chi connectivity index (χ0n) is 18.0. The molecule has 2 aromatic rings. The lowest BCUT2D eigenvalue weighted by atomic mass is 9.55. The van der Waals surface area contributed by atoms with Gasteiger partial charge in [0.2, 0.25) is 0 Å². The van der Waals surface area contributed by atoms with Crippen molar-refractivity contribution < 1.29 is 9.53 Å². The van der Waals surface area contributed by atoms with Crippen LogP contribution in [-0.4, -0.2) is 17.1 Å². The normalized spacial score (nSPS) is 33.2. The van der Waals surface area contributed by atoms with Crippen LogP contribution in [0.15, 0.2) is 48.7 Å². The number of allylic oxidation sites excluding steroid dienone is 1. The van der Waals surface area contributed by atoms with Gasteiger partial charge in [-0.15, -0.1) is 0 Å². The number of hydrogen-bond acceptors (Lipinski definition) is 4. The first-order chi connectivity index (χ1) is 14.3. The van der Waals surface area contributed by atoms with E-state index in [0.717, 1.165) is 23.2 Å². The number of carbonyl (C=O) groups is 1. The molecule has 0 unspecified atom stereocenters. The number of carbonyl (C=O) groups excluding carboxylic acids is 1. The Morgan fingerprint density at radius 1 is 1.20 bits per heavy atom. The van der Waals surface area contributed by atoms with Gasteiger partial charge in [-0.1, -0.05) is 44.2 Å². The molecule has 2 fully saturated rings. The fourth-order valence-corrected chi connectivity index (χ4v) is 5.55. The van der Waals surface area contributed by atoms with Crippen molar-refractivity contribution in [1.29, 1.82) is 5.26 Å². The van der Waals surface area contributed by atoms with E-state index in [1.807, 2.05) is 49.5 Å². The van der Waals surface area contributed by atoms with E-state index in [1.54, 1.807) is 0 Å². The molecular weight excluding hydrogens is 372 g/mol. The van der Waals surface area contributed by atoms with Gasteiger partial charge in [-0.25, -0.2) is 0 Å². The average molecular weight is 401 g/mol. The van der Waals surface area contributed by atoms with Gasteiger partial charge in [-0.05, 0) is 56.2 Å². The van der Waals surface area contributed by atoms with E-state index in [1.165, 1.54) is 0 Å². The number of hydrogen-bond donors (Lipinski definition) is 0. The van der Waals surface area contributed by atoms with Crippen LogP contribution in [0.2, 0.25) is 0 Å². The number of pyridine rings is 1. The summed E-state index contributed by atoms with van der Waals surface area (Å²) in [5.41, 5.74) is 2.94. The van der Waals surface area contributed by atoms with Crippen molar-refractivity contribution in [3.63, 3.8) is 0 Å². The summed E-state index contributed by atoms with van der Waals surface area (Å²) in [5, 5.41) is 9.33. The quantitative estimate of drug-likeness (QED) is 0.639. The molecule has 4 heteroatoms. The fraction of sp³-hybridized carbons (Fsp3) is 0.423. The molecule has 0 N–H and O–H groups in total. The lowest BCUT2D eigenvalue weighted by molar-refractivity contribution is -0.149. The van der Waals surface area contributed by atoms with Crippen molar-refractivity contribution >= 4 is 12.0 Å². The maximum absolute atomic E-state index is 12.6. The van der Waals surface area contributed by atoms with Crippen LogP contribution >= 0.6 is 0 Å². The van der Waals surface area contributed by atoms with Crippen molar-refractivity contribution in [2.24, 2.45) is 29.1 Å². The molecular formula is C26H28N2O2. The summed E-state index contributed by atoms with van der Waals surface area (Å²) in [5.74, 6) is 1.33. The summed E-state index contributed by atoms with van der Waals surface area (Å²) in [6.07, 6.45) is 6.93. The molecule has 1 aromatic carbocycles. The number of fused-ring (bicyclic) bond motifs is 1. The highest BCUT2D eigenvalue weighted by atomic mass is 16.6. The number of ether oxygens (including phenoxy) is 1. The van der Waals surface area contributed by atoms with E-state index in [0.29, 0.717) is 17.4 Å². The van der Waals surface area contributed by atoms with Crippen LogP contribution in [0.4, 0.5) is 0 Å². The standard InChI is InChI=1S/C26H28N2O2/c1-16-13-26(4)24(18(3)30-25(26)29)22(17(16)2)12-11-21-10-9-20(15-28-21)23-8-6-5-7-19(23)14-27/h5-12,15-18,22,24H,13H2,1-4H3/b12-11+/t16-,17+,18+,22-,24-,26+/m0/s1. The first kappa shape index (κ1) is 20.3. The molecule has 0 radical (unpaired) electrons. The van der Waals surface area contributed by atoms with Gasteiger partial charge < -0.3 is 4.74 Å². The Balaban J connectivity index is 1.60.